The van der Waals surface area contributed by atoms with E-state index in [4.69, 9.17) is 5.73 Å². The summed E-state index contributed by atoms with van der Waals surface area (Å²) in [6, 6.07) is 3.56. The highest BCUT2D eigenvalue weighted by atomic mass is 19.1. The van der Waals surface area contributed by atoms with Crippen LogP contribution in [0.25, 0.3) is 11.3 Å². The van der Waals surface area contributed by atoms with Crippen molar-refractivity contribution in [3.05, 3.63) is 41.4 Å². The molecule has 5 heteroatoms. The molecule has 0 bridgehead atoms. The van der Waals surface area contributed by atoms with E-state index in [0.29, 0.717) is 12.2 Å². The summed E-state index contributed by atoms with van der Waals surface area (Å²) < 4.78 is 29.2. The van der Waals surface area contributed by atoms with E-state index < -0.39 is 11.6 Å². The van der Waals surface area contributed by atoms with E-state index in [-0.39, 0.29) is 11.6 Å². The molecule has 3 nitrogen and oxygen atoms in total. The Morgan fingerprint density at radius 2 is 2.16 bits per heavy atom. The maximum absolute atomic E-state index is 13.9. The molecule has 100 valence electrons. The maximum Gasteiger partial charge on any atom is 0.132 e. The highest BCUT2D eigenvalue weighted by Crippen LogP contribution is 2.30. The Morgan fingerprint density at radius 3 is 2.95 bits per heavy atom. The van der Waals surface area contributed by atoms with Crippen molar-refractivity contribution in [1.29, 1.82) is 0 Å². The molecule has 0 spiro atoms. The minimum absolute atomic E-state index is 0.102. The van der Waals surface area contributed by atoms with E-state index in [2.05, 4.69) is 4.98 Å². The van der Waals surface area contributed by atoms with Crippen LogP contribution in [0.2, 0.25) is 0 Å². The molecule has 0 saturated heterocycles. The first-order valence-corrected chi connectivity index (χ1v) is 6.33. The van der Waals surface area contributed by atoms with Crippen molar-refractivity contribution in [3.63, 3.8) is 0 Å². The van der Waals surface area contributed by atoms with Crippen LogP contribution in [-0.4, -0.2) is 15.6 Å². The molecule has 1 aromatic carbocycles. The predicted octanol–water partition coefficient (Wildman–Crippen LogP) is 2.41. The molecular formula is C14H15F2N3. The molecule has 2 heterocycles. The largest absolute Gasteiger partial charge is 0.330 e. The van der Waals surface area contributed by atoms with Crippen LogP contribution in [0.1, 0.15) is 17.9 Å². The second-order valence-corrected chi connectivity index (χ2v) is 4.99. The Hall–Kier alpha value is -1.75. The summed E-state index contributed by atoms with van der Waals surface area (Å²) in [6.07, 6.45) is 1.59. The van der Waals surface area contributed by atoms with Gasteiger partial charge in [0.2, 0.25) is 0 Å². The number of nitrogens with two attached hydrogens (primary N) is 1. The van der Waals surface area contributed by atoms with Crippen LogP contribution in [0.4, 0.5) is 8.78 Å². The Balaban J connectivity index is 2.16. The van der Waals surface area contributed by atoms with Gasteiger partial charge >= 0.3 is 0 Å². The third-order valence-corrected chi connectivity index (χ3v) is 3.62. The number of hydrogen-bond donors (Lipinski definition) is 1. The molecule has 0 saturated carbocycles. The maximum atomic E-state index is 13.9. The van der Waals surface area contributed by atoms with Crippen LogP contribution < -0.4 is 5.73 Å². The molecule has 19 heavy (non-hydrogen) atoms. The van der Waals surface area contributed by atoms with Gasteiger partial charge in [-0.25, -0.2) is 13.8 Å². The van der Waals surface area contributed by atoms with Gasteiger partial charge in [0.25, 0.3) is 0 Å². The first-order chi connectivity index (χ1) is 9.06. The van der Waals surface area contributed by atoms with Crippen LogP contribution >= 0.6 is 0 Å². The summed E-state index contributed by atoms with van der Waals surface area (Å²) in [5, 5.41) is 0. The van der Waals surface area contributed by atoms with Crippen molar-refractivity contribution in [2.24, 2.45) is 5.73 Å². The van der Waals surface area contributed by atoms with Crippen molar-refractivity contribution >= 4 is 0 Å². The molecule has 3 rings (SSSR count). The lowest BCUT2D eigenvalue weighted by atomic mass is 10.0. The number of imidazole rings is 1. The second kappa shape index (κ2) is 4.42. The third kappa shape index (κ3) is 2.04. The summed E-state index contributed by atoms with van der Waals surface area (Å²) in [5.41, 5.74) is 7.66. The zero-order chi connectivity index (χ0) is 13.6. The van der Waals surface area contributed by atoms with Crippen molar-refractivity contribution in [2.75, 3.05) is 0 Å². The topological polar surface area (TPSA) is 43.8 Å². The van der Waals surface area contributed by atoms with E-state index >= 15 is 0 Å². The number of aromatic nitrogens is 2. The zero-order valence-corrected chi connectivity index (χ0v) is 10.7. The van der Waals surface area contributed by atoms with E-state index in [0.717, 1.165) is 36.5 Å². The van der Waals surface area contributed by atoms with E-state index in [1.807, 2.05) is 11.5 Å². The van der Waals surface area contributed by atoms with Crippen LogP contribution in [0.3, 0.4) is 0 Å². The highest BCUT2D eigenvalue weighted by molar-refractivity contribution is 5.63. The number of hydrogen-bond acceptors (Lipinski definition) is 2. The van der Waals surface area contributed by atoms with Gasteiger partial charge < -0.3 is 10.3 Å². The fourth-order valence-electron chi connectivity index (χ4n) is 2.65. The van der Waals surface area contributed by atoms with Gasteiger partial charge in [0.15, 0.2) is 0 Å². The quantitative estimate of drug-likeness (QED) is 0.858. The van der Waals surface area contributed by atoms with Gasteiger partial charge in [0, 0.05) is 23.8 Å². The van der Waals surface area contributed by atoms with Gasteiger partial charge in [-0.1, -0.05) is 0 Å². The minimum Gasteiger partial charge on any atom is -0.330 e. The first-order valence-electron chi connectivity index (χ1n) is 6.33. The van der Waals surface area contributed by atoms with E-state index in [9.17, 15) is 8.78 Å². The normalized spacial score (nSPS) is 18.4. The number of nitrogens with zero attached hydrogens (tertiary/aromatic N) is 2. The number of rotatable bonds is 1. The smallest absolute Gasteiger partial charge is 0.132 e. The Bertz CT molecular complexity index is 634. The standard InChI is InChI=1S/C14H15F2N3/c1-8-18-14(11-6-9(15)2-4-12(11)16)13-5-3-10(17)7-19(8)13/h2,4,6,10H,3,5,7,17H2,1H3. The predicted molar refractivity (Wildman–Crippen MR) is 68.6 cm³/mol. The second-order valence-electron chi connectivity index (χ2n) is 4.99. The Kier molecular flexibility index (Phi) is 2.86. The Morgan fingerprint density at radius 1 is 1.37 bits per heavy atom. The summed E-state index contributed by atoms with van der Waals surface area (Å²) in [5.74, 6) is -0.107. The highest BCUT2D eigenvalue weighted by Gasteiger charge is 2.24. The van der Waals surface area contributed by atoms with Gasteiger partial charge in [-0.15, -0.1) is 0 Å². The van der Waals surface area contributed by atoms with Crippen LogP contribution in [-0.2, 0) is 13.0 Å². The molecule has 0 radical (unpaired) electrons. The Labute approximate surface area is 110 Å². The molecule has 0 aliphatic carbocycles. The summed E-state index contributed by atoms with van der Waals surface area (Å²) in [7, 11) is 0. The van der Waals surface area contributed by atoms with E-state index in [1.54, 1.807) is 0 Å². The molecule has 0 fully saturated rings. The van der Waals surface area contributed by atoms with Gasteiger partial charge in [-0.05, 0) is 38.0 Å². The molecular weight excluding hydrogens is 248 g/mol. The number of halogens is 2. The van der Waals surface area contributed by atoms with Gasteiger partial charge in [-0.2, -0.15) is 0 Å². The molecule has 1 atom stereocenters. The summed E-state index contributed by atoms with van der Waals surface area (Å²) in [6.45, 7) is 2.55. The zero-order valence-electron chi connectivity index (χ0n) is 10.7. The molecule has 1 aromatic heterocycles. The van der Waals surface area contributed by atoms with Crippen molar-refractivity contribution in [1.82, 2.24) is 9.55 Å². The fraction of sp³-hybridized carbons (Fsp3) is 0.357. The lowest BCUT2D eigenvalue weighted by molar-refractivity contribution is 0.454. The summed E-state index contributed by atoms with van der Waals surface area (Å²) in [4.78, 5) is 4.40. The van der Waals surface area contributed by atoms with Crippen molar-refractivity contribution < 1.29 is 8.78 Å². The molecule has 2 aromatic rings. The first kappa shape index (κ1) is 12.3. The SMILES string of the molecule is Cc1nc(-c2cc(F)ccc2F)c2n1CC(N)CC2. The fourth-order valence-corrected chi connectivity index (χ4v) is 2.65. The monoisotopic (exact) mass is 263 g/mol. The van der Waals surface area contributed by atoms with Crippen LogP contribution in [0, 0.1) is 18.6 Å². The minimum atomic E-state index is -0.455. The molecule has 2 N–H and O–H groups in total. The van der Waals surface area contributed by atoms with Gasteiger partial charge in [-0.3, -0.25) is 0 Å². The van der Waals surface area contributed by atoms with Crippen LogP contribution in [0.5, 0.6) is 0 Å². The molecule has 1 aliphatic heterocycles. The molecule has 1 aliphatic rings. The average Bonchev–Trinajstić information content (AvgIpc) is 2.69. The van der Waals surface area contributed by atoms with Gasteiger partial charge in [0.05, 0.1) is 5.69 Å². The number of benzene rings is 1. The lowest BCUT2D eigenvalue weighted by Crippen LogP contribution is -2.32. The van der Waals surface area contributed by atoms with E-state index in [1.165, 1.54) is 6.07 Å². The molecule has 0 amide bonds. The average molecular weight is 263 g/mol. The lowest BCUT2D eigenvalue weighted by Gasteiger charge is -2.22. The van der Waals surface area contributed by atoms with Crippen molar-refractivity contribution in [3.8, 4) is 11.3 Å². The van der Waals surface area contributed by atoms with Crippen LogP contribution in [0.15, 0.2) is 18.2 Å². The third-order valence-electron chi connectivity index (χ3n) is 3.62. The molecule has 1 unspecified atom stereocenters. The number of fused-ring (bicyclic) bond motifs is 1. The number of aryl methyl sites for hydroxylation is 1. The van der Waals surface area contributed by atoms with Gasteiger partial charge in [0.1, 0.15) is 17.5 Å². The summed E-state index contributed by atoms with van der Waals surface area (Å²) >= 11 is 0. The van der Waals surface area contributed by atoms with Crippen molar-refractivity contribution in [2.45, 2.75) is 32.4 Å².